The van der Waals surface area contributed by atoms with Gasteiger partial charge in [0.2, 0.25) is 5.91 Å². The van der Waals surface area contributed by atoms with Gasteiger partial charge in [-0.05, 0) is 19.9 Å². The predicted octanol–water partition coefficient (Wildman–Crippen LogP) is 2.46. The number of ether oxygens (including phenoxy) is 1. The molecule has 112 valence electrons. The maximum absolute atomic E-state index is 12.3. The minimum atomic E-state index is -2.85. The Morgan fingerprint density at radius 2 is 2.05 bits per heavy atom. The van der Waals surface area contributed by atoms with E-state index in [0.717, 1.165) is 0 Å². The smallest absolute Gasteiger partial charge is 0.387 e. The zero-order chi connectivity index (χ0) is 15.0. The molecule has 0 aliphatic carbocycles. The summed E-state index contributed by atoms with van der Waals surface area (Å²) in [5.41, 5.74) is 0.642. The number of alkyl halides is 2. The van der Waals surface area contributed by atoms with Crippen LogP contribution in [0.2, 0.25) is 0 Å². The summed E-state index contributed by atoms with van der Waals surface area (Å²) in [5, 5.41) is 5.81. The van der Waals surface area contributed by atoms with Gasteiger partial charge in [-0.15, -0.1) is 0 Å². The van der Waals surface area contributed by atoms with Gasteiger partial charge in [0.05, 0.1) is 0 Å². The third-order valence-corrected chi connectivity index (χ3v) is 2.78. The average Bonchev–Trinajstić information content (AvgIpc) is 2.38. The molecule has 1 amide bonds. The normalized spacial score (nSPS) is 12.2. The van der Waals surface area contributed by atoms with Gasteiger partial charge in [0.25, 0.3) is 0 Å². The number of hydrogen-bond acceptors (Lipinski definition) is 3. The SMILES string of the molecule is CCNC(=O)CCNC(C)c1ccccc1OC(F)F. The Balaban J connectivity index is 2.54. The van der Waals surface area contributed by atoms with E-state index in [9.17, 15) is 13.6 Å². The third kappa shape index (κ3) is 5.52. The van der Waals surface area contributed by atoms with Crippen LogP contribution in [-0.2, 0) is 4.79 Å². The molecule has 1 atom stereocenters. The third-order valence-electron chi connectivity index (χ3n) is 2.78. The molecule has 1 aromatic rings. The molecule has 0 fully saturated rings. The Labute approximate surface area is 117 Å². The lowest BCUT2D eigenvalue weighted by atomic mass is 10.1. The van der Waals surface area contributed by atoms with Gasteiger partial charge in [-0.25, -0.2) is 0 Å². The van der Waals surface area contributed by atoms with Crippen molar-refractivity contribution in [2.75, 3.05) is 13.1 Å². The van der Waals surface area contributed by atoms with Gasteiger partial charge in [0, 0.05) is 31.1 Å². The highest BCUT2D eigenvalue weighted by Gasteiger charge is 2.14. The van der Waals surface area contributed by atoms with Crippen LogP contribution in [0.15, 0.2) is 24.3 Å². The molecule has 0 aromatic heterocycles. The molecular formula is C14H20F2N2O2. The van der Waals surface area contributed by atoms with Crippen molar-refractivity contribution < 1.29 is 18.3 Å². The molecule has 0 bridgehead atoms. The summed E-state index contributed by atoms with van der Waals surface area (Å²) in [6.45, 7) is 1.91. The molecule has 2 N–H and O–H groups in total. The first-order chi connectivity index (χ1) is 9.54. The largest absolute Gasteiger partial charge is 0.434 e. The van der Waals surface area contributed by atoms with Gasteiger partial charge in [0.15, 0.2) is 0 Å². The van der Waals surface area contributed by atoms with Gasteiger partial charge in [-0.1, -0.05) is 18.2 Å². The van der Waals surface area contributed by atoms with E-state index in [1.54, 1.807) is 18.2 Å². The number of nitrogens with one attached hydrogen (secondary N) is 2. The second-order valence-corrected chi connectivity index (χ2v) is 4.30. The highest BCUT2D eigenvalue weighted by atomic mass is 19.3. The fraction of sp³-hybridized carbons (Fsp3) is 0.500. The van der Waals surface area contributed by atoms with Gasteiger partial charge >= 0.3 is 6.61 Å². The number of carbonyl (C=O) groups excluding carboxylic acids is 1. The van der Waals surface area contributed by atoms with E-state index < -0.39 is 6.61 Å². The van der Waals surface area contributed by atoms with Crippen LogP contribution in [0.4, 0.5) is 8.78 Å². The topological polar surface area (TPSA) is 50.4 Å². The van der Waals surface area contributed by atoms with Crippen molar-refractivity contribution in [3.8, 4) is 5.75 Å². The Morgan fingerprint density at radius 1 is 1.35 bits per heavy atom. The minimum Gasteiger partial charge on any atom is -0.434 e. The predicted molar refractivity (Wildman–Crippen MR) is 72.8 cm³/mol. The van der Waals surface area contributed by atoms with Gasteiger partial charge in [-0.2, -0.15) is 8.78 Å². The molecule has 0 spiro atoms. The lowest BCUT2D eigenvalue weighted by Crippen LogP contribution is -2.28. The van der Waals surface area contributed by atoms with Crippen molar-refractivity contribution in [2.45, 2.75) is 32.9 Å². The molecule has 0 aliphatic heterocycles. The molecule has 0 heterocycles. The van der Waals surface area contributed by atoms with Gasteiger partial charge in [-0.3, -0.25) is 4.79 Å². The van der Waals surface area contributed by atoms with E-state index in [4.69, 9.17) is 0 Å². The summed E-state index contributed by atoms with van der Waals surface area (Å²) in [6, 6.07) is 6.45. The molecule has 4 nitrogen and oxygen atoms in total. The van der Waals surface area contributed by atoms with E-state index in [1.165, 1.54) is 6.07 Å². The maximum Gasteiger partial charge on any atom is 0.387 e. The lowest BCUT2D eigenvalue weighted by molar-refractivity contribution is -0.120. The van der Waals surface area contributed by atoms with Crippen LogP contribution in [0.3, 0.4) is 0 Å². The van der Waals surface area contributed by atoms with Gasteiger partial charge < -0.3 is 15.4 Å². The van der Waals surface area contributed by atoms with Crippen LogP contribution in [0.1, 0.15) is 31.9 Å². The fourth-order valence-corrected chi connectivity index (χ4v) is 1.84. The quantitative estimate of drug-likeness (QED) is 0.772. The van der Waals surface area contributed by atoms with Crippen molar-refractivity contribution in [2.24, 2.45) is 0 Å². The van der Waals surface area contributed by atoms with Crippen LogP contribution in [-0.4, -0.2) is 25.6 Å². The van der Waals surface area contributed by atoms with E-state index in [2.05, 4.69) is 15.4 Å². The zero-order valence-corrected chi connectivity index (χ0v) is 11.7. The Hall–Kier alpha value is -1.69. The van der Waals surface area contributed by atoms with Crippen molar-refractivity contribution in [3.05, 3.63) is 29.8 Å². The molecule has 1 aromatic carbocycles. The minimum absolute atomic E-state index is 0.0377. The first-order valence-corrected chi connectivity index (χ1v) is 6.58. The van der Waals surface area contributed by atoms with E-state index in [0.29, 0.717) is 25.1 Å². The summed E-state index contributed by atoms with van der Waals surface area (Å²) in [7, 11) is 0. The van der Waals surface area contributed by atoms with Crippen LogP contribution in [0, 0.1) is 0 Å². The van der Waals surface area contributed by atoms with Gasteiger partial charge in [0.1, 0.15) is 5.75 Å². The van der Waals surface area contributed by atoms with E-state index in [-0.39, 0.29) is 17.7 Å². The van der Waals surface area contributed by atoms with Crippen molar-refractivity contribution >= 4 is 5.91 Å². The van der Waals surface area contributed by atoms with Crippen LogP contribution in [0.5, 0.6) is 5.75 Å². The maximum atomic E-state index is 12.3. The summed E-state index contributed by atoms with van der Waals surface area (Å²) in [4.78, 5) is 11.3. The van der Waals surface area contributed by atoms with Crippen molar-refractivity contribution in [3.63, 3.8) is 0 Å². The number of halogens is 2. The van der Waals surface area contributed by atoms with Crippen molar-refractivity contribution in [1.29, 1.82) is 0 Å². The number of amides is 1. The Morgan fingerprint density at radius 3 is 2.70 bits per heavy atom. The molecule has 6 heteroatoms. The summed E-state index contributed by atoms with van der Waals surface area (Å²) >= 11 is 0. The first-order valence-electron chi connectivity index (χ1n) is 6.58. The number of para-hydroxylation sites is 1. The molecule has 1 unspecified atom stereocenters. The number of benzene rings is 1. The molecule has 0 saturated carbocycles. The number of rotatable bonds is 8. The summed E-state index contributed by atoms with van der Waals surface area (Å²) in [6.07, 6.45) is 0.343. The van der Waals surface area contributed by atoms with E-state index in [1.807, 2.05) is 13.8 Å². The summed E-state index contributed by atoms with van der Waals surface area (Å²) in [5.74, 6) is 0.116. The highest BCUT2D eigenvalue weighted by molar-refractivity contribution is 5.75. The van der Waals surface area contributed by atoms with Crippen molar-refractivity contribution in [1.82, 2.24) is 10.6 Å². The molecule has 20 heavy (non-hydrogen) atoms. The Bertz CT molecular complexity index is 427. The second kappa shape index (κ2) is 8.47. The number of carbonyl (C=O) groups is 1. The average molecular weight is 286 g/mol. The first kappa shape index (κ1) is 16.4. The lowest BCUT2D eigenvalue weighted by Gasteiger charge is -2.17. The molecule has 0 radical (unpaired) electrons. The highest BCUT2D eigenvalue weighted by Crippen LogP contribution is 2.26. The molecular weight excluding hydrogens is 266 g/mol. The second-order valence-electron chi connectivity index (χ2n) is 4.30. The zero-order valence-electron chi connectivity index (χ0n) is 11.7. The van der Waals surface area contributed by atoms with Crippen LogP contribution >= 0.6 is 0 Å². The monoisotopic (exact) mass is 286 g/mol. The number of hydrogen-bond donors (Lipinski definition) is 2. The molecule has 0 saturated heterocycles. The summed E-state index contributed by atoms with van der Waals surface area (Å²) < 4.78 is 29.1. The van der Waals surface area contributed by atoms with Crippen LogP contribution in [0.25, 0.3) is 0 Å². The standard InChI is InChI=1S/C14H20F2N2O2/c1-3-17-13(19)8-9-18-10(2)11-6-4-5-7-12(11)20-14(15)16/h4-7,10,14,18H,3,8-9H2,1-2H3,(H,17,19). The van der Waals surface area contributed by atoms with E-state index >= 15 is 0 Å². The molecule has 1 rings (SSSR count). The Kier molecular flexibility index (Phi) is 6.93. The molecule has 0 aliphatic rings. The fourth-order valence-electron chi connectivity index (χ4n) is 1.84. The van der Waals surface area contributed by atoms with Crippen LogP contribution < -0.4 is 15.4 Å².